The molecule has 2 aliphatic rings. The molecule has 9 heteroatoms. The quantitative estimate of drug-likeness (QED) is 0.605. The zero-order valence-corrected chi connectivity index (χ0v) is 21.2. The molecule has 3 amide bonds. The molecule has 0 fully saturated rings. The lowest BCUT2D eigenvalue weighted by atomic mass is 9.76. The highest BCUT2D eigenvalue weighted by Gasteiger charge is 2.36. The fraction of sp³-hybridized carbons (Fsp3) is 0.583. The lowest BCUT2D eigenvalue weighted by Gasteiger charge is -2.39. The molecule has 2 aliphatic heterocycles. The number of nitrogens with zero attached hydrogens (tertiary/aromatic N) is 4. The number of thioether (sulfide) groups is 1. The normalized spacial score (nSPS) is 19.9. The van der Waals surface area contributed by atoms with Gasteiger partial charge in [-0.15, -0.1) is 5.01 Å². The number of imide groups is 1. The number of amides is 3. The van der Waals surface area contributed by atoms with E-state index in [1.807, 2.05) is 39.0 Å². The molecule has 180 valence electrons. The molecule has 1 aromatic rings. The molecule has 0 bridgehead atoms. The Balaban J connectivity index is 1.87. The number of hydrogen-bond donors (Lipinski definition) is 0. The van der Waals surface area contributed by atoms with Crippen molar-refractivity contribution < 1.29 is 19.1 Å². The molecule has 2 heterocycles. The van der Waals surface area contributed by atoms with Gasteiger partial charge in [-0.05, 0) is 55.1 Å². The third-order valence-electron chi connectivity index (χ3n) is 6.40. The molecular formula is C24H34N4O4S. The fourth-order valence-corrected chi connectivity index (χ4v) is 5.02. The van der Waals surface area contributed by atoms with Crippen molar-refractivity contribution in [3.8, 4) is 0 Å². The minimum atomic E-state index is -0.759. The van der Waals surface area contributed by atoms with Crippen LogP contribution in [0.5, 0.6) is 0 Å². The van der Waals surface area contributed by atoms with Crippen LogP contribution in [0, 0.1) is 0 Å². The van der Waals surface area contributed by atoms with Crippen molar-refractivity contribution in [1.82, 2.24) is 9.91 Å². The van der Waals surface area contributed by atoms with E-state index in [9.17, 15) is 14.4 Å². The summed E-state index contributed by atoms with van der Waals surface area (Å²) in [4.78, 5) is 41.2. The molecule has 0 spiro atoms. The predicted molar refractivity (Wildman–Crippen MR) is 132 cm³/mol. The number of benzene rings is 1. The van der Waals surface area contributed by atoms with Crippen LogP contribution in [0.15, 0.2) is 23.3 Å². The highest BCUT2D eigenvalue weighted by Crippen LogP contribution is 2.41. The molecule has 3 rings (SSSR count). The average molecular weight is 475 g/mol. The summed E-state index contributed by atoms with van der Waals surface area (Å²) >= 11 is 1.05. The summed E-state index contributed by atoms with van der Waals surface area (Å²) in [5, 5.41) is 4.58. The largest absolute Gasteiger partial charge is 0.446 e. The van der Waals surface area contributed by atoms with E-state index in [1.54, 1.807) is 11.8 Å². The second kappa shape index (κ2) is 10.3. The van der Waals surface area contributed by atoms with Crippen molar-refractivity contribution in [3.05, 3.63) is 29.3 Å². The summed E-state index contributed by atoms with van der Waals surface area (Å²) in [6.45, 7) is 15.1. The minimum Gasteiger partial charge on any atom is -0.446 e. The monoisotopic (exact) mass is 474 g/mol. The zero-order chi connectivity index (χ0) is 24.3. The maximum absolute atomic E-state index is 12.6. The van der Waals surface area contributed by atoms with Crippen LogP contribution in [-0.4, -0.2) is 70.9 Å². The van der Waals surface area contributed by atoms with Crippen molar-refractivity contribution in [3.63, 3.8) is 0 Å². The topological polar surface area (TPSA) is 82.5 Å². The molecule has 0 saturated heterocycles. The van der Waals surface area contributed by atoms with Gasteiger partial charge in [0.05, 0.1) is 11.0 Å². The Morgan fingerprint density at radius 3 is 2.61 bits per heavy atom. The smallest absolute Gasteiger partial charge is 0.438 e. The number of hydrazone groups is 1. The van der Waals surface area contributed by atoms with E-state index in [1.165, 1.54) is 0 Å². The second-order valence-electron chi connectivity index (χ2n) is 9.00. The Bertz CT molecular complexity index is 958. The molecule has 0 N–H and O–H groups in total. The highest BCUT2D eigenvalue weighted by atomic mass is 32.2. The van der Waals surface area contributed by atoms with Gasteiger partial charge < -0.3 is 14.5 Å². The summed E-state index contributed by atoms with van der Waals surface area (Å²) in [6.07, 6.45) is 0.0913. The van der Waals surface area contributed by atoms with Gasteiger partial charge in [0.25, 0.3) is 0 Å². The van der Waals surface area contributed by atoms with E-state index in [4.69, 9.17) is 4.74 Å². The van der Waals surface area contributed by atoms with E-state index in [2.05, 4.69) is 23.8 Å². The number of ether oxygens (including phenoxy) is 1. The van der Waals surface area contributed by atoms with Gasteiger partial charge in [0.2, 0.25) is 5.91 Å². The summed E-state index contributed by atoms with van der Waals surface area (Å²) in [5.74, 6) is 0.0164. The number of carbonyl (C=O) groups excluding carboxylic acids is 3. The van der Waals surface area contributed by atoms with Gasteiger partial charge in [-0.3, -0.25) is 9.59 Å². The fourth-order valence-electron chi connectivity index (χ4n) is 4.20. The van der Waals surface area contributed by atoms with Crippen molar-refractivity contribution >= 4 is 40.4 Å². The third kappa shape index (κ3) is 5.41. The first-order chi connectivity index (χ1) is 15.6. The number of rotatable bonds is 6. The SMILES string of the molecule is CCN(CC)CCOC(=O)N1N=C(c2ccc3c(c2)C(C)(C)CCN3C(C)=O)C(C)SC1=O. The molecule has 8 nitrogen and oxygen atoms in total. The van der Waals surface area contributed by atoms with Gasteiger partial charge in [0.1, 0.15) is 6.61 Å². The Hall–Kier alpha value is -2.39. The first kappa shape index (κ1) is 25.2. The summed E-state index contributed by atoms with van der Waals surface area (Å²) < 4.78 is 5.33. The van der Waals surface area contributed by atoms with Gasteiger partial charge in [0, 0.05) is 25.7 Å². The summed E-state index contributed by atoms with van der Waals surface area (Å²) in [5.41, 5.74) is 3.33. The van der Waals surface area contributed by atoms with Crippen LogP contribution in [0.25, 0.3) is 0 Å². The van der Waals surface area contributed by atoms with Gasteiger partial charge >= 0.3 is 11.3 Å². The number of likely N-dealkylation sites (N-methyl/N-ethyl adjacent to an activating group) is 1. The summed E-state index contributed by atoms with van der Waals surface area (Å²) in [6, 6.07) is 5.89. The van der Waals surface area contributed by atoms with Crippen molar-refractivity contribution in [2.75, 3.05) is 37.7 Å². The van der Waals surface area contributed by atoms with Crippen molar-refractivity contribution in [2.24, 2.45) is 5.10 Å². The molecule has 1 atom stereocenters. The molecule has 1 unspecified atom stereocenters. The van der Waals surface area contributed by atoms with E-state index in [-0.39, 0.29) is 23.2 Å². The van der Waals surface area contributed by atoms with E-state index >= 15 is 0 Å². The zero-order valence-electron chi connectivity index (χ0n) is 20.4. The first-order valence-corrected chi connectivity index (χ1v) is 12.4. The average Bonchev–Trinajstić information content (AvgIpc) is 2.76. The Morgan fingerprint density at radius 1 is 1.27 bits per heavy atom. The van der Waals surface area contributed by atoms with Crippen LogP contribution < -0.4 is 4.90 Å². The van der Waals surface area contributed by atoms with Crippen molar-refractivity contribution in [1.29, 1.82) is 0 Å². The van der Waals surface area contributed by atoms with Crippen LogP contribution in [0.3, 0.4) is 0 Å². The lowest BCUT2D eigenvalue weighted by Crippen LogP contribution is -2.41. The number of carbonyl (C=O) groups is 3. The Kier molecular flexibility index (Phi) is 7.84. The molecule has 0 aliphatic carbocycles. The molecule has 33 heavy (non-hydrogen) atoms. The molecule has 0 aromatic heterocycles. The van der Waals surface area contributed by atoms with Crippen LogP contribution >= 0.6 is 11.8 Å². The molecule has 1 aromatic carbocycles. The van der Waals surface area contributed by atoms with Crippen LogP contribution in [-0.2, 0) is 14.9 Å². The first-order valence-electron chi connectivity index (χ1n) is 11.5. The number of anilines is 1. The van der Waals surface area contributed by atoms with Crippen molar-refractivity contribution in [2.45, 2.75) is 58.6 Å². The van der Waals surface area contributed by atoms with Gasteiger partial charge in [0.15, 0.2) is 0 Å². The second-order valence-corrected chi connectivity index (χ2v) is 10.3. The standard InChI is InChI=1S/C24H34N4O4S/c1-7-26(8-2)13-14-32-22(30)28-23(31)33-16(3)21(25-28)18-9-10-20-19(15-18)24(5,6)11-12-27(20)17(4)29/h9-10,15-16H,7-8,11-14H2,1-6H3. The Morgan fingerprint density at radius 2 is 1.97 bits per heavy atom. The lowest BCUT2D eigenvalue weighted by molar-refractivity contribution is -0.116. The van der Waals surface area contributed by atoms with Crippen LogP contribution in [0.4, 0.5) is 15.3 Å². The molecular weight excluding hydrogens is 440 g/mol. The third-order valence-corrected chi connectivity index (χ3v) is 7.35. The van der Waals surface area contributed by atoms with Gasteiger partial charge in [-0.1, -0.05) is 45.5 Å². The summed E-state index contributed by atoms with van der Waals surface area (Å²) in [7, 11) is 0. The molecule has 0 saturated carbocycles. The Labute approximate surface area is 200 Å². The van der Waals surface area contributed by atoms with Crippen LogP contribution in [0.1, 0.15) is 59.1 Å². The molecule has 0 radical (unpaired) electrons. The minimum absolute atomic E-state index is 0.0164. The number of hydrogen-bond acceptors (Lipinski definition) is 7. The maximum Gasteiger partial charge on any atom is 0.438 e. The van der Waals surface area contributed by atoms with E-state index in [0.717, 1.165) is 53.1 Å². The van der Waals surface area contributed by atoms with E-state index in [0.29, 0.717) is 18.8 Å². The maximum atomic E-state index is 12.6. The van der Waals surface area contributed by atoms with Gasteiger partial charge in [-0.2, -0.15) is 5.10 Å². The van der Waals surface area contributed by atoms with Gasteiger partial charge in [-0.25, -0.2) is 4.79 Å². The van der Waals surface area contributed by atoms with E-state index < -0.39 is 11.3 Å². The predicted octanol–water partition coefficient (Wildman–Crippen LogP) is 4.46. The van der Waals surface area contributed by atoms with Crippen LogP contribution in [0.2, 0.25) is 0 Å². The number of fused-ring (bicyclic) bond motifs is 1. The highest BCUT2D eigenvalue weighted by molar-refractivity contribution is 8.14.